The Kier molecular flexibility index (Phi) is 3.85. The van der Waals surface area contributed by atoms with Crippen molar-refractivity contribution in [3.8, 4) is 0 Å². The quantitative estimate of drug-likeness (QED) is 0.778. The predicted molar refractivity (Wildman–Crippen MR) is 61.5 cm³/mol. The molecule has 0 fully saturated rings. The Morgan fingerprint density at radius 1 is 1.57 bits per heavy atom. The molecule has 0 spiro atoms. The van der Waals surface area contributed by atoms with Gasteiger partial charge in [-0.3, -0.25) is 4.79 Å². The van der Waals surface area contributed by atoms with E-state index in [0.29, 0.717) is 10.7 Å². The summed E-state index contributed by atoms with van der Waals surface area (Å²) in [5.74, 6) is -0.236. The molecule has 0 saturated carbocycles. The van der Waals surface area contributed by atoms with Crippen LogP contribution in [0.3, 0.4) is 0 Å². The molecule has 0 heterocycles. The maximum Gasteiger partial charge on any atom is 0.231 e. The third-order valence-electron chi connectivity index (χ3n) is 1.44. The van der Waals surface area contributed by atoms with Crippen molar-refractivity contribution >= 4 is 40.4 Å². The third kappa shape index (κ3) is 3.72. The Labute approximate surface area is 92.2 Å². The lowest BCUT2D eigenvalue weighted by molar-refractivity contribution is -0.115. The molecule has 0 atom stereocenters. The van der Waals surface area contributed by atoms with Gasteiger partial charge in [0.05, 0.1) is 11.4 Å². The van der Waals surface area contributed by atoms with Crippen molar-refractivity contribution in [2.24, 2.45) is 5.73 Å². The van der Waals surface area contributed by atoms with Crippen molar-refractivity contribution in [3.63, 3.8) is 0 Å². The number of carbonyl (C=O) groups excluding carboxylic acids is 1. The van der Waals surface area contributed by atoms with E-state index in [1.807, 2.05) is 0 Å². The van der Waals surface area contributed by atoms with Gasteiger partial charge in [0.1, 0.15) is 0 Å². The van der Waals surface area contributed by atoms with E-state index in [0.717, 1.165) is 0 Å². The van der Waals surface area contributed by atoms with Crippen LogP contribution >= 0.6 is 23.8 Å². The van der Waals surface area contributed by atoms with E-state index in [1.54, 1.807) is 24.3 Å². The minimum atomic E-state index is -0.236. The van der Waals surface area contributed by atoms with Crippen LogP contribution in [0.25, 0.3) is 0 Å². The topological polar surface area (TPSA) is 55.1 Å². The van der Waals surface area contributed by atoms with E-state index < -0.39 is 0 Å². The Balaban J connectivity index is 2.60. The fourth-order valence-electron chi connectivity index (χ4n) is 0.930. The lowest BCUT2D eigenvalue weighted by Gasteiger charge is -2.04. The molecule has 0 bridgehead atoms. The highest BCUT2D eigenvalue weighted by molar-refractivity contribution is 7.80. The summed E-state index contributed by atoms with van der Waals surface area (Å²) in [5.41, 5.74) is 5.86. The lowest BCUT2D eigenvalue weighted by Crippen LogP contribution is -2.20. The van der Waals surface area contributed by atoms with Gasteiger partial charge >= 0.3 is 0 Å². The van der Waals surface area contributed by atoms with Crippen molar-refractivity contribution in [2.75, 3.05) is 5.32 Å². The molecule has 5 heteroatoms. The number of amides is 1. The molecule has 1 amide bonds. The van der Waals surface area contributed by atoms with Gasteiger partial charge in [0.15, 0.2) is 0 Å². The van der Waals surface area contributed by atoms with Crippen molar-refractivity contribution in [1.29, 1.82) is 0 Å². The van der Waals surface area contributed by atoms with Gasteiger partial charge < -0.3 is 11.1 Å². The molecule has 0 saturated heterocycles. The van der Waals surface area contributed by atoms with Crippen molar-refractivity contribution in [3.05, 3.63) is 29.3 Å². The van der Waals surface area contributed by atoms with Crippen LogP contribution in [0, 0.1) is 0 Å². The first-order chi connectivity index (χ1) is 6.58. The molecule has 0 aliphatic carbocycles. The molecular formula is C9H9ClN2OS. The van der Waals surface area contributed by atoms with E-state index in [9.17, 15) is 4.79 Å². The van der Waals surface area contributed by atoms with Crippen LogP contribution in [0.5, 0.6) is 0 Å². The largest absolute Gasteiger partial charge is 0.393 e. The maximum atomic E-state index is 11.2. The van der Waals surface area contributed by atoms with Gasteiger partial charge in [-0.2, -0.15) is 0 Å². The van der Waals surface area contributed by atoms with Crippen LogP contribution in [0.2, 0.25) is 5.02 Å². The van der Waals surface area contributed by atoms with Crippen LogP contribution in [0.4, 0.5) is 5.69 Å². The number of hydrogen-bond acceptors (Lipinski definition) is 2. The number of nitrogens with one attached hydrogen (secondary N) is 1. The third-order valence-corrected chi connectivity index (χ3v) is 1.82. The van der Waals surface area contributed by atoms with Crippen LogP contribution in [-0.2, 0) is 4.79 Å². The monoisotopic (exact) mass is 228 g/mol. The number of thiocarbonyl (C=S) groups is 1. The zero-order valence-corrected chi connectivity index (χ0v) is 8.86. The highest BCUT2D eigenvalue weighted by Gasteiger charge is 2.03. The maximum absolute atomic E-state index is 11.2. The molecule has 0 aliphatic rings. The van der Waals surface area contributed by atoms with Gasteiger partial charge in [0.25, 0.3) is 0 Å². The second kappa shape index (κ2) is 4.93. The van der Waals surface area contributed by atoms with Crippen LogP contribution in [-0.4, -0.2) is 10.9 Å². The number of carbonyl (C=O) groups is 1. The molecule has 3 N–H and O–H groups in total. The highest BCUT2D eigenvalue weighted by Crippen LogP contribution is 2.14. The van der Waals surface area contributed by atoms with Crippen LogP contribution in [0.1, 0.15) is 6.42 Å². The number of anilines is 1. The molecule has 0 aromatic heterocycles. The number of hydrogen-bond donors (Lipinski definition) is 2. The first-order valence-electron chi connectivity index (χ1n) is 3.91. The van der Waals surface area contributed by atoms with E-state index in [4.69, 9.17) is 17.3 Å². The fraction of sp³-hybridized carbons (Fsp3) is 0.111. The summed E-state index contributed by atoms with van der Waals surface area (Å²) in [7, 11) is 0. The first-order valence-corrected chi connectivity index (χ1v) is 4.70. The van der Waals surface area contributed by atoms with E-state index in [1.165, 1.54) is 0 Å². The molecule has 0 aliphatic heterocycles. The van der Waals surface area contributed by atoms with Crippen molar-refractivity contribution in [2.45, 2.75) is 6.42 Å². The molecule has 3 nitrogen and oxygen atoms in total. The Bertz CT molecular complexity index is 368. The van der Waals surface area contributed by atoms with E-state index in [-0.39, 0.29) is 17.3 Å². The fourth-order valence-corrected chi connectivity index (χ4v) is 1.25. The van der Waals surface area contributed by atoms with Gasteiger partial charge in [-0.15, -0.1) is 0 Å². The number of halogens is 1. The second-order valence-electron chi connectivity index (χ2n) is 2.70. The summed E-state index contributed by atoms with van der Waals surface area (Å²) in [6.07, 6.45) is 0.0435. The highest BCUT2D eigenvalue weighted by atomic mass is 35.5. The molecule has 1 aromatic carbocycles. The number of nitrogens with two attached hydrogens (primary N) is 1. The molecule has 14 heavy (non-hydrogen) atoms. The average molecular weight is 229 g/mol. The molecule has 0 unspecified atom stereocenters. The minimum absolute atomic E-state index is 0.0435. The van der Waals surface area contributed by atoms with Crippen molar-refractivity contribution in [1.82, 2.24) is 0 Å². The summed E-state index contributed by atoms with van der Waals surface area (Å²) >= 11 is 10.3. The predicted octanol–water partition coefficient (Wildman–Crippen LogP) is 1.95. The van der Waals surface area contributed by atoms with Gasteiger partial charge in [0.2, 0.25) is 5.91 Å². The summed E-state index contributed by atoms with van der Waals surface area (Å²) in [4.78, 5) is 11.4. The Morgan fingerprint density at radius 2 is 2.29 bits per heavy atom. The van der Waals surface area contributed by atoms with Gasteiger partial charge in [-0.05, 0) is 18.2 Å². The van der Waals surface area contributed by atoms with Crippen molar-refractivity contribution < 1.29 is 4.79 Å². The Hall–Kier alpha value is -1.13. The van der Waals surface area contributed by atoms with Crippen LogP contribution in [0.15, 0.2) is 24.3 Å². The summed E-state index contributed by atoms with van der Waals surface area (Å²) in [6.45, 7) is 0. The zero-order chi connectivity index (χ0) is 10.6. The van der Waals surface area contributed by atoms with Gasteiger partial charge in [-0.1, -0.05) is 29.9 Å². The van der Waals surface area contributed by atoms with E-state index in [2.05, 4.69) is 17.5 Å². The van der Waals surface area contributed by atoms with Crippen LogP contribution < -0.4 is 11.1 Å². The summed E-state index contributed by atoms with van der Waals surface area (Å²) in [6, 6.07) is 6.87. The summed E-state index contributed by atoms with van der Waals surface area (Å²) in [5, 5.41) is 3.19. The minimum Gasteiger partial charge on any atom is -0.393 e. The molecule has 74 valence electrons. The van der Waals surface area contributed by atoms with E-state index >= 15 is 0 Å². The molecule has 1 aromatic rings. The number of benzene rings is 1. The second-order valence-corrected chi connectivity index (χ2v) is 3.66. The molecular weight excluding hydrogens is 220 g/mol. The smallest absolute Gasteiger partial charge is 0.231 e. The van der Waals surface area contributed by atoms with Gasteiger partial charge in [-0.25, -0.2) is 0 Å². The molecule has 0 radical (unpaired) electrons. The lowest BCUT2D eigenvalue weighted by atomic mass is 10.3. The zero-order valence-electron chi connectivity index (χ0n) is 7.29. The first kappa shape index (κ1) is 10.9. The normalized spacial score (nSPS) is 9.50. The molecule has 1 rings (SSSR count). The standard InChI is InChI=1S/C9H9ClN2OS/c10-6-2-1-3-7(4-6)12-9(13)5-8(11)14/h1-4H,5H2,(H2,11,14)(H,12,13). The average Bonchev–Trinajstić information content (AvgIpc) is 2.01. The van der Waals surface area contributed by atoms with Gasteiger partial charge in [0, 0.05) is 10.7 Å². The summed E-state index contributed by atoms with van der Waals surface area (Å²) < 4.78 is 0. The number of rotatable bonds is 3. The Morgan fingerprint density at radius 3 is 2.86 bits per heavy atom. The SMILES string of the molecule is NC(=S)CC(=O)Nc1cccc(Cl)c1.